The minimum absolute atomic E-state index is 0.174. The van der Waals surface area contributed by atoms with Crippen molar-refractivity contribution in [1.82, 2.24) is 0 Å². The summed E-state index contributed by atoms with van der Waals surface area (Å²) in [4.78, 5) is 0. The molecule has 1 saturated heterocycles. The minimum Gasteiger partial charge on any atom is -0.378 e. The topological polar surface area (TPSA) is 9.23 Å². The third-order valence-electron chi connectivity index (χ3n) is 3.60. The van der Waals surface area contributed by atoms with Gasteiger partial charge >= 0.3 is 0 Å². The quantitative estimate of drug-likeness (QED) is 0.718. The molecule has 0 aromatic heterocycles. The maximum Gasteiger partial charge on any atom is 0.0888 e. The van der Waals surface area contributed by atoms with Gasteiger partial charge in [-0.1, -0.05) is 39.3 Å². The van der Waals surface area contributed by atoms with Crippen LogP contribution >= 0.6 is 21.6 Å². The van der Waals surface area contributed by atoms with Crippen LogP contribution in [0, 0.1) is 20.8 Å². The highest BCUT2D eigenvalue weighted by Gasteiger charge is 2.45. The molecular formula is C15H22OS2. The van der Waals surface area contributed by atoms with Crippen molar-refractivity contribution >= 4 is 21.6 Å². The van der Waals surface area contributed by atoms with Crippen LogP contribution in [-0.4, -0.2) is 18.0 Å². The van der Waals surface area contributed by atoms with Gasteiger partial charge in [0.25, 0.3) is 0 Å². The summed E-state index contributed by atoms with van der Waals surface area (Å²) < 4.78 is 5.97. The Labute approximate surface area is 118 Å². The summed E-state index contributed by atoms with van der Waals surface area (Å²) in [7, 11) is 5.75. The number of benzene rings is 1. The number of hydrogen-bond donors (Lipinski definition) is 0. The van der Waals surface area contributed by atoms with Crippen LogP contribution in [-0.2, 0) is 4.74 Å². The lowest BCUT2D eigenvalue weighted by atomic mass is 9.91. The van der Waals surface area contributed by atoms with Gasteiger partial charge in [-0.3, -0.25) is 0 Å². The molecule has 0 spiro atoms. The molecule has 100 valence electrons. The molecule has 0 N–H and O–H groups in total. The predicted molar refractivity (Wildman–Crippen MR) is 83.5 cm³/mol. The number of hydrogen-bond acceptors (Lipinski definition) is 3. The third kappa shape index (κ3) is 2.45. The lowest BCUT2D eigenvalue weighted by Gasteiger charge is -2.28. The fraction of sp³-hybridized carbons (Fsp3) is 0.600. The van der Waals surface area contributed by atoms with Gasteiger partial charge in [0, 0.05) is 11.9 Å². The predicted octanol–water partition coefficient (Wildman–Crippen LogP) is 4.84. The van der Waals surface area contributed by atoms with Crippen molar-refractivity contribution in [2.45, 2.75) is 50.7 Å². The summed E-state index contributed by atoms with van der Waals surface area (Å²) in [5, 5.41) is 0.440. The summed E-state index contributed by atoms with van der Waals surface area (Å²) in [6.45, 7) is 11.2. The highest BCUT2D eigenvalue weighted by molar-refractivity contribution is 8.77. The van der Waals surface area contributed by atoms with Crippen LogP contribution in [0.4, 0.5) is 0 Å². The van der Waals surface area contributed by atoms with E-state index >= 15 is 0 Å². The number of aryl methyl sites for hydroxylation is 3. The first-order valence-corrected chi connectivity index (χ1v) is 8.53. The van der Waals surface area contributed by atoms with E-state index in [1.54, 1.807) is 0 Å². The molecular weight excluding hydrogens is 260 g/mol. The molecule has 1 fully saturated rings. The van der Waals surface area contributed by atoms with Crippen LogP contribution in [0.25, 0.3) is 0 Å². The monoisotopic (exact) mass is 282 g/mol. The van der Waals surface area contributed by atoms with Gasteiger partial charge in [0.15, 0.2) is 0 Å². The minimum atomic E-state index is 0.174. The molecule has 1 aliphatic heterocycles. The largest absolute Gasteiger partial charge is 0.378 e. The summed E-state index contributed by atoms with van der Waals surface area (Å²) in [6, 6.07) is 4.57. The van der Waals surface area contributed by atoms with Crippen LogP contribution in [0.15, 0.2) is 12.1 Å². The SMILES string of the molecule is COC1C(c2c(C)cc(C)cc2C)SSC1(C)C. The average Bonchev–Trinajstić information content (AvgIpc) is 2.52. The van der Waals surface area contributed by atoms with Gasteiger partial charge < -0.3 is 4.74 Å². The molecule has 2 rings (SSSR count). The number of methoxy groups -OCH3 is 1. The van der Waals surface area contributed by atoms with Gasteiger partial charge in [-0.25, -0.2) is 0 Å². The standard InChI is InChI=1S/C15H22OS2/c1-9-7-10(2)12(11(3)8-9)13-14(16-6)15(4,5)18-17-13/h7-8,13-14H,1-6H3. The molecule has 1 heterocycles. The molecule has 1 nitrogen and oxygen atoms in total. The van der Waals surface area contributed by atoms with Crippen LogP contribution in [0.3, 0.4) is 0 Å². The Hall–Kier alpha value is -0.120. The van der Waals surface area contributed by atoms with E-state index in [2.05, 4.69) is 46.8 Å². The molecule has 2 unspecified atom stereocenters. The normalized spacial score (nSPS) is 26.6. The van der Waals surface area contributed by atoms with Crippen molar-refractivity contribution in [2.24, 2.45) is 0 Å². The van der Waals surface area contributed by atoms with Crippen molar-refractivity contribution in [1.29, 1.82) is 0 Å². The molecule has 0 amide bonds. The Morgan fingerprint density at radius 2 is 1.67 bits per heavy atom. The van der Waals surface area contributed by atoms with E-state index in [9.17, 15) is 0 Å². The second-order valence-corrected chi connectivity index (χ2v) is 8.67. The number of rotatable bonds is 2. The molecule has 1 aromatic carbocycles. The molecule has 0 radical (unpaired) electrons. The molecule has 0 bridgehead atoms. The summed E-state index contributed by atoms with van der Waals surface area (Å²) in [5.74, 6) is 0. The third-order valence-corrected chi connectivity index (χ3v) is 7.25. The maximum absolute atomic E-state index is 5.79. The molecule has 3 heteroatoms. The Balaban J connectivity index is 2.44. The van der Waals surface area contributed by atoms with E-state index in [0.717, 1.165) is 0 Å². The van der Waals surface area contributed by atoms with Crippen LogP contribution in [0.5, 0.6) is 0 Å². The maximum atomic E-state index is 5.79. The molecule has 0 aliphatic carbocycles. The lowest BCUT2D eigenvalue weighted by molar-refractivity contribution is 0.0789. The van der Waals surface area contributed by atoms with Gasteiger partial charge in [-0.2, -0.15) is 0 Å². The number of ether oxygens (including phenoxy) is 1. The second-order valence-electron chi connectivity index (χ2n) is 5.67. The first kappa shape index (κ1) is 14.3. The zero-order valence-corrected chi connectivity index (χ0v) is 13.7. The first-order valence-electron chi connectivity index (χ1n) is 6.32. The Morgan fingerprint density at radius 3 is 2.17 bits per heavy atom. The van der Waals surface area contributed by atoms with Gasteiger partial charge in [-0.15, -0.1) is 0 Å². The van der Waals surface area contributed by atoms with Crippen LogP contribution < -0.4 is 0 Å². The fourth-order valence-electron chi connectivity index (χ4n) is 2.89. The van der Waals surface area contributed by atoms with Crippen LogP contribution in [0.2, 0.25) is 0 Å². The van der Waals surface area contributed by atoms with E-state index in [1.807, 2.05) is 28.7 Å². The smallest absolute Gasteiger partial charge is 0.0888 e. The van der Waals surface area contributed by atoms with Crippen molar-refractivity contribution in [3.05, 3.63) is 34.4 Å². The summed E-state index contributed by atoms with van der Waals surface area (Å²) in [5.41, 5.74) is 5.60. The highest BCUT2D eigenvalue weighted by atomic mass is 33.1. The fourth-order valence-corrected chi connectivity index (χ4v) is 6.60. The van der Waals surface area contributed by atoms with Gasteiger partial charge in [0.2, 0.25) is 0 Å². The first-order chi connectivity index (χ1) is 8.36. The Kier molecular flexibility index (Phi) is 4.05. The Morgan fingerprint density at radius 1 is 1.11 bits per heavy atom. The van der Waals surface area contributed by atoms with Crippen molar-refractivity contribution in [3.63, 3.8) is 0 Å². The zero-order valence-electron chi connectivity index (χ0n) is 12.0. The van der Waals surface area contributed by atoms with Crippen molar-refractivity contribution in [3.8, 4) is 0 Å². The van der Waals surface area contributed by atoms with Gasteiger partial charge in [0.05, 0.1) is 11.4 Å². The molecule has 1 aromatic rings. The second kappa shape index (κ2) is 5.10. The molecule has 18 heavy (non-hydrogen) atoms. The van der Waals surface area contributed by atoms with Crippen molar-refractivity contribution in [2.75, 3.05) is 7.11 Å². The average molecular weight is 282 g/mol. The van der Waals surface area contributed by atoms with Gasteiger partial charge in [-0.05, 0) is 51.3 Å². The van der Waals surface area contributed by atoms with E-state index in [0.29, 0.717) is 5.25 Å². The van der Waals surface area contributed by atoms with E-state index in [-0.39, 0.29) is 10.9 Å². The Bertz CT molecular complexity index is 431. The highest BCUT2D eigenvalue weighted by Crippen LogP contribution is 2.59. The summed E-state index contributed by atoms with van der Waals surface area (Å²) in [6.07, 6.45) is 0.271. The molecule has 1 aliphatic rings. The van der Waals surface area contributed by atoms with E-state index in [4.69, 9.17) is 4.74 Å². The van der Waals surface area contributed by atoms with Gasteiger partial charge in [0.1, 0.15) is 0 Å². The van der Waals surface area contributed by atoms with E-state index < -0.39 is 0 Å². The van der Waals surface area contributed by atoms with E-state index in [1.165, 1.54) is 22.3 Å². The molecule has 0 saturated carbocycles. The lowest BCUT2D eigenvalue weighted by Crippen LogP contribution is -2.33. The zero-order chi connectivity index (χ0) is 13.5. The summed E-state index contributed by atoms with van der Waals surface area (Å²) >= 11 is 0. The molecule has 2 atom stereocenters. The van der Waals surface area contributed by atoms with Crippen LogP contribution in [0.1, 0.15) is 41.4 Å². The van der Waals surface area contributed by atoms with Crippen molar-refractivity contribution < 1.29 is 4.74 Å².